The van der Waals surface area contributed by atoms with Gasteiger partial charge in [-0.25, -0.2) is 4.39 Å². The number of halogens is 1. The molecule has 2 saturated heterocycles. The quantitative estimate of drug-likeness (QED) is 0.898. The highest BCUT2D eigenvalue weighted by Gasteiger charge is 2.21. The Morgan fingerprint density at radius 2 is 2.10 bits per heavy atom. The largest absolute Gasteiger partial charge is 0.369 e. The van der Waals surface area contributed by atoms with Crippen LogP contribution in [0.15, 0.2) is 18.2 Å². The fraction of sp³-hybridized carbons (Fsp3) is 0.562. The number of piperidine rings is 1. The van der Waals surface area contributed by atoms with E-state index in [-0.39, 0.29) is 17.6 Å². The number of nitrogens with zero attached hydrogens (tertiary/aromatic N) is 1. The van der Waals surface area contributed by atoms with Crippen molar-refractivity contribution in [2.24, 2.45) is 5.92 Å². The van der Waals surface area contributed by atoms with Crippen molar-refractivity contribution in [1.82, 2.24) is 5.32 Å². The van der Waals surface area contributed by atoms with E-state index in [4.69, 9.17) is 0 Å². The molecule has 0 radical (unpaired) electrons. The molecule has 0 unspecified atom stereocenters. The summed E-state index contributed by atoms with van der Waals surface area (Å²) >= 11 is 0. The summed E-state index contributed by atoms with van der Waals surface area (Å²) in [6.07, 6.45) is 4.15. The molecule has 2 N–H and O–H groups in total. The summed E-state index contributed by atoms with van der Waals surface area (Å²) in [7, 11) is 0. The first-order valence-corrected chi connectivity index (χ1v) is 7.80. The highest BCUT2D eigenvalue weighted by atomic mass is 19.1. The van der Waals surface area contributed by atoms with Crippen LogP contribution in [0, 0.1) is 11.7 Å². The minimum Gasteiger partial charge on any atom is -0.369 e. The van der Waals surface area contributed by atoms with Crippen molar-refractivity contribution in [2.45, 2.75) is 25.7 Å². The minimum atomic E-state index is -0.253. The third-order valence-corrected chi connectivity index (χ3v) is 4.33. The third kappa shape index (κ3) is 3.35. The molecule has 114 valence electrons. The summed E-state index contributed by atoms with van der Waals surface area (Å²) in [5.41, 5.74) is 1.19. The van der Waals surface area contributed by atoms with Gasteiger partial charge in [0.1, 0.15) is 5.82 Å². The Bertz CT molecular complexity index is 508. The molecule has 1 aromatic carbocycles. The van der Waals surface area contributed by atoms with E-state index in [1.54, 1.807) is 12.1 Å². The molecular formula is C16H22FN3O. The van der Waals surface area contributed by atoms with Gasteiger partial charge in [-0.05, 0) is 50.4 Å². The number of benzene rings is 1. The first-order chi connectivity index (χ1) is 10.2. The molecule has 21 heavy (non-hydrogen) atoms. The topological polar surface area (TPSA) is 44.4 Å². The molecular weight excluding hydrogens is 269 g/mol. The molecule has 0 saturated carbocycles. The maximum atomic E-state index is 14.2. The predicted octanol–water partition coefficient (Wildman–Crippen LogP) is 2.36. The molecule has 5 heteroatoms. The molecule has 1 aromatic rings. The summed E-state index contributed by atoms with van der Waals surface area (Å²) in [6.45, 7) is 3.51. The first kappa shape index (κ1) is 14.3. The molecule has 0 spiro atoms. The lowest BCUT2D eigenvalue weighted by molar-refractivity contribution is -0.120. The van der Waals surface area contributed by atoms with E-state index in [1.165, 1.54) is 6.07 Å². The van der Waals surface area contributed by atoms with Crippen LogP contribution in [0.2, 0.25) is 0 Å². The second-order valence-electron chi connectivity index (χ2n) is 5.89. The van der Waals surface area contributed by atoms with Crippen LogP contribution in [-0.2, 0) is 4.79 Å². The van der Waals surface area contributed by atoms with Crippen LogP contribution in [0.1, 0.15) is 25.7 Å². The molecule has 2 fully saturated rings. The molecule has 0 aromatic heterocycles. The average molecular weight is 291 g/mol. The van der Waals surface area contributed by atoms with Crippen molar-refractivity contribution < 1.29 is 9.18 Å². The van der Waals surface area contributed by atoms with E-state index in [2.05, 4.69) is 15.5 Å². The Kier molecular flexibility index (Phi) is 4.39. The molecule has 0 aliphatic carbocycles. The Morgan fingerprint density at radius 3 is 2.76 bits per heavy atom. The summed E-state index contributed by atoms with van der Waals surface area (Å²) in [5.74, 6) is -0.285. The zero-order chi connectivity index (χ0) is 14.7. The highest BCUT2D eigenvalue weighted by molar-refractivity contribution is 5.93. The monoisotopic (exact) mass is 291 g/mol. The van der Waals surface area contributed by atoms with Gasteiger partial charge in [-0.15, -0.1) is 0 Å². The lowest BCUT2D eigenvalue weighted by Crippen LogP contribution is -2.37. The number of amides is 1. The van der Waals surface area contributed by atoms with E-state index < -0.39 is 0 Å². The summed E-state index contributed by atoms with van der Waals surface area (Å²) in [4.78, 5) is 14.2. The van der Waals surface area contributed by atoms with E-state index >= 15 is 0 Å². The molecule has 1 amide bonds. The minimum absolute atomic E-state index is 0.0138. The summed E-state index contributed by atoms with van der Waals surface area (Å²) < 4.78 is 14.2. The third-order valence-electron chi connectivity index (χ3n) is 4.33. The number of anilines is 2. The smallest absolute Gasteiger partial charge is 0.228 e. The lowest BCUT2D eigenvalue weighted by Gasteiger charge is -2.22. The van der Waals surface area contributed by atoms with Gasteiger partial charge in [-0.3, -0.25) is 4.79 Å². The van der Waals surface area contributed by atoms with Gasteiger partial charge in [0.15, 0.2) is 0 Å². The molecule has 1 atom stereocenters. The average Bonchev–Trinajstić information content (AvgIpc) is 3.02. The zero-order valence-electron chi connectivity index (χ0n) is 12.2. The number of carbonyl (C=O) groups excluding carboxylic acids is 1. The second kappa shape index (κ2) is 6.43. The molecule has 2 aliphatic rings. The van der Waals surface area contributed by atoms with Crippen LogP contribution in [0.3, 0.4) is 0 Å². The van der Waals surface area contributed by atoms with Crippen LogP contribution in [0.25, 0.3) is 0 Å². The van der Waals surface area contributed by atoms with Crippen LogP contribution in [0.5, 0.6) is 0 Å². The Hall–Kier alpha value is -1.62. The second-order valence-corrected chi connectivity index (χ2v) is 5.89. The molecule has 3 rings (SSSR count). The molecule has 2 heterocycles. The van der Waals surface area contributed by atoms with Gasteiger partial charge in [0, 0.05) is 25.3 Å². The Balaban J connectivity index is 1.65. The van der Waals surface area contributed by atoms with Gasteiger partial charge in [-0.2, -0.15) is 0 Å². The maximum absolute atomic E-state index is 14.2. The van der Waals surface area contributed by atoms with E-state index in [0.29, 0.717) is 17.9 Å². The maximum Gasteiger partial charge on any atom is 0.228 e. The number of nitrogens with one attached hydrogen (secondary N) is 2. The molecule has 0 bridgehead atoms. The van der Waals surface area contributed by atoms with Gasteiger partial charge in [0.25, 0.3) is 0 Å². The number of hydrogen-bond acceptors (Lipinski definition) is 3. The number of hydrogen-bond donors (Lipinski definition) is 2. The van der Waals surface area contributed by atoms with Crippen molar-refractivity contribution >= 4 is 17.3 Å². The van der Waals surface area contributed by atoms with Gasteiger partial charge in [-0.1, -0.05) is 0 Å². The first-order valence-electron chi connectivity index (χ1n) is 7.80. The fourth-order valence-corrected chi connectivity index (χ4v) is 3.12. The summed E-state index contributed by atoms with van der Waals surface area (Å²) in [5, 5.41) is 6.05. The van der Waals surface area contributed by atoms with Gasteiger partial charge in [0.05, 0.1) is 11.6 Å². The van der Waals surface area contributed by atoms with Crippen molar-refractivity contribution in [3.63, 3.8) is 0 Å². The Labute approximate surface area is 124 Å². The van der Waals surface area contributed by atoms with Crippen LogP contribution >= 0.6 is 0 Å². The molecule has 2 aliphatic heterocycles. The SMILES string of the molecule is O=C(Nc1ccc(N2CCCC2)c(F)c1)[C@@H]1CCCNC1. The summed E-state index contributed by atoms with van der Waals surface area (Å²) in [6, 6.07) is 5.00. The van der Waals surface area contributed by atoms with Crippen LogP contribution in [-0.4, -0.2) is 32.1 Å². The number of carbonyl (C=O) groups is 1. The van der Waals surface area contributed by atoms with Crippen molar-refractivity contribution in [3.05, 3.63) is 24.0 Å². The fourth-order valence-electron chi connectivity index (χ4n) is 3.12. The van der Waals surface area contributed by atoms with Gasteiger partial charge in [0.2, 0.25) is 5.91 Å². The number of rotatable bonds is 3. The standard InChI is InChI=1S/C16H22FN3O/c17-14-10-13(5-6-15(14)20-8-1-2-9-20)19-16(21)12-4-3-7-18-11-12/h5-6,10,12,18H,1-4,7-9,11H2,(H,19,21)/t12-/m1/s1. The normalized spacial score (nSPS) is 22.3. The van der Waals surface area contributed by atoms with Gasteiger partial charge >= 0.3 is 0 Å². The molecule has 4 nitrogen and oxygen atoms in total. The van der Waals surface area contributed by atoms with Gasteiger partial charge < -0.3 is 15.5 Å². The lowest BCUT2D eigenvalue weighted by atomic mass is 9.99. The van der Waals surface area contributed by atoms with Crippen molar-refractivity contribution in [1.29, 1.82) is 0 Å². The van der Waals surface area contributed by atoms with Crippen molar-refractivity contribution in [3.8, 4) is 0 Å². The van der Waals surface area contributed by atoms with E-state index in [9.17, 15) is 9.18 Å². The van der Waals surface area contributed by atoms with Crippen LogP contribution < -0.4 is 15.5 Å². The Morgan fingerprint density at radius 1 is 1.29 bits per heavy atom. The van der Waals surface area contributed by atoms with Crippen molar-refractivity contribution in [2.75, 3.05) is 36.4 Å². The highest BCUT2D eigenvalue weighted by Crippen LogP contribution is 2.26. The zero-order valence-corrected chi connectivity index (χ0v) is 12.2. The van der Waals surface area contributed by atoms with E-state index in [0.717, 1.165) is 45.3 Å². The predicted molar refractivity (Wildman–Crippen MR) is 82.1 cm³/mol. The van der Waals surface area contributed by atoms with Crippen LogP contribution in [0.4, 0.5) is 15.8 Å². The van der Waals surface area contributed by atoms with E-state index in [1.807, 2.05) is 0 Å².